The van der Waals surface area contributed by atoms with Crippen LogP contribution >= 0.6 is 0 Å². The summed E-state index contributed by atoms with van der Waals surface area (Å²) in [6.45, 7) is 2.31. The minimum Gasteiger partial charge on any atom is -0.381 e. The molecule has 0 radical (unpaired) electrons. The molecule has 0 saturated carbocycles. The lowest BCUT2D eigenvalue weighted by Crippen LogP contribution is -2.35. The molecule has 0 unspecified atom stereocenters. The van der Waals surface area contributed by atoms with Gasteiger partial charge in [0, 0.05) is 19.8 Å². The van der Waals surface area contributed by atoms with Crippen LogP contribution in [0.25, 0.3) is 0 Å². The number of hydrogen-bond donors (Lipinski definition) is 2. The normalized spacial score (nSPS) is 19.6. The van der Waals surface area contributed by atoms with Crippen LogP contribution in [-0.4, -0.2) is 25.8 Å². The standard InChI is InChI=1S/C7H14N2O2/c8-7(10)9-5-6-1-3-11-4-2-6/h6H,1-5H2,(H3,8,9,10). The van der Waals surface area contributed by atoms with Gasteiger partial charge in [-0.05, 0) is 18.8 Å². The maximum atomic E-state index is 10.3. The summed E-state index contributed by atoms with van der Waals surface area (Å²) in [6, 6.07) is -0.434. The molecule has 0 aliphatic carbocycles. The Morgan fingerprint density at radius 3 is 2.73 bits per heavy atom. The molecule has 4 nitrogen and oxygen atoms in total. The third-order valence-corrected chi connectivity index (χ3v) is 1.91. The van der Waals surface area contributed by atoms with Gasteiger partial charge in [-0.3, -0.25) is 0 Å². The molecule has 11 heavy (non-hydrogen) atoms. The van der Waals surface area contributed by atoms with Crippen LogP contribution in [0, 0.1) is 5.92 Å². The molecule has 1 fully saturated rings. The van der Waals surface area contributed by atoms with Gasteiger partial charge >= 0.3 is 6.03 Å². The van der Waals surface area contributed by atoms with Gasteiger partial charge in [-0.25, -0.2) is 4.79 Å². The van der Waals surface area contributed by atoms with Gasteiger partial charge in [-0.15, -0.1) is 0 Å². The predicted molar refractivity (Wildman–Crippen MR) is 41.1 cm³/mol. The van der Waals surface area contributed by atoms with Crippen molar-refractivity contribution >= 4 is 6.03 Å². The van der Waals surface area contributed by atoms with Gasteiger partial charge < -0.3 is 15.8 Å². The lowest BCUT2D eigenvalue weighted by Gasteiger charge is -2.21. The highest BCUT2D eigenvalue weighted by atomic mass is 16.5. The maximum Gasteiger partial charge on any atom is 0.312 e. The molecule has 0 spiro atoms. The fourth-order valence-electron chi connectivity index (χ4n) is 1.20. The second-order valence-electron chi connectivity index (χ2n) is 2.80. The smallest absolute Gasteiger partial charge is 0.312 e. The summed E-state index contributed by atoms with van der Waals surface area (Å²) in [5.41, 5.74) is 4.93. The first-order valence-electron chi connectivity index (χ1n) is 3.90. The van der Waals surface area contributed by atoms with Crippen molar-refractivity contribution < 1.29 is 9.53 Å². The second-order valence-corrected chi connectivity index (χ2v) is 2.80. The van der Waals surface area contributed by atoms with Crippen molar-refractivity contribution in [3.8, 4) is 0 Å². The van der Waals surface area contributed by atoms with E-state index in [0.717, 1.165) is 26.1 Å². The van der Waals surface area contributed by atoms with Gasteiger partial charge in [0.25, 0.3) is 0 Å². The molecule has 2 amide bonds. The second kappa shape index (κ2) is 4.18. The summed E-state index contributed by atoms with van der Waals surface area (Å²) in [7, 11) is 0. The molecular formula is C7H14N2O2. The quantitative estimate of drug-likeness (QED) is 0.597. The van der Waals surface area contributed by atoms with E-state index in [9.17, 15) is 4.79 Å². The lowest BCUT2D eigenvalue weighted by atomic mass is 10.0. The van der Waals surface area contributed by atoms with Crippen LogP contribution in [-0.2, 0) is 4.74 Å². The number of primary amides is 1. The van der Waals surface area contributed by atoms with Crippen molar-refractivity contribution in [3.63, 3.8) is 0 Å². The Morgan fingerprint density at radius 1 is 1.55 bits per heavy atom. The van der Waals surface area contributed by atoms with E-state index in [0.29, 0.717) is 12.5 Å². The minimum atomic E-state index is -0.434. The van der Waals surface area contributed by atoms with E-state index in [1.165, 1.54) is 0 Å². The van der Waals surface area contributed by atoms with Gasteiger partial charge in [0.15, 0.2) is 0 Å². The number of hydrogen-bond acceptors (Lipinski definition) is 2. The highest BCUT2D eigenvalue weighted by Crippen LogP contribution is 2.12. The molecule has 0 aromatic rings. The fourth-order valence-corrected chi connectivity index (χ4v) is 1.20. The molecule has 0 bridgehead atoms. The highest BCUT2D eigenvalue weighted by molar-refractivity contribution is 5.71. The number of nitrogens with one attached hydrogen (secondary N) is 1. The van der Waals surface area contributed by atoms with E-state index in [-0.39, 0.29) is 0 Å². The van der Waals surface area contributed by atoms with E-state index in [4.69, 9.17) is 10.5 Å². The van der Waals surface area contributed by atoms with Crippen molar-refractivity contribution in [2.45, 2.75) is 12.8 Å². The molecule has 1 saturated heterocycles. The van der Waals surface area contributed by atoms with Gasteiger partial charge in [-0.2, -0.15) is 0 Å². The van der Waals surface area contributed by atoms with Crippen molar-refractivity contribution in [2.75, 3.05) is 19.8 Å². The summed E-state index contributed by atoms with van der Waals surface area (Å²) < 4.78 is 5.16. The van der Waals surface area contributed by atoms with Crippen LogP contribution in [0.2, 0.25) is 0 Å². The van der Waals surface area contributed by atoms with Crippen molar-refractivity contribution in [3.05, 3.63) is 0 Å². The Labute approximate surface area is 66.1 Å². The van der Waals surface area contributed by atoms with Crippen LogP contribution in [0.4, 0.5) is 4.79 Å². The molecular weight excluding hydrogens is 144 g/mol. The first kappa shape index (κ1) is 8.33. The Morgan fingerprint density at radius 2 is 2.18 bits per heavy atom. The van der Waals surface area contributed by atoms with E-state index >= 15 is 0 Å². The molecule has 1 heterocycles. The van der Waals surface area contributed by atoms with E-state index in [1.54, 1.807) is 0 Å². The topological polar surface area (TPSA) is 64.4 Å². The molecule has 1 aliphatic rings. The first-order chi connectivity index (χ1) is 5.29. The Bertz CT molecular complexity index is 132. The zero-order chi connectivity index (χ0) is 8.10. The van der Waals surface area contributed by atoms with Gasteiger partial charge in [0.05, 0.1) is 0 Å². The monoisotopic (exact) mass is 158 g/mol. The Kier molecular flexibility index (Phi) is 3.16. The van der Waals surface area contributed by atoms with Crippen LogP contribution in [0.5, 0.6) is 0 Å². The maximum absolute atomic E-state index is 10.3. The fraction of sp³-hybridized carbons (Fsp3) is 0.857. The highest BCUT2D eigenvalue weighted by Gasteiger charge is 2.13. The molecule has 4 heteroatoms. The minimum absolute atomic E-state index is 0.434. The molecule has 1 aliphatic heterocycles. The number of nitrogens with two attached hydrogens (primary N) is 1. The molecule has 1 rings (SSSR count). The van der Waals surface area contributed by atoms with Crippen LogP contribution < -0.4 is 11.1 Å². The van der Waals surface area contributed by atoms with Crippen LogP contribution in [0.3, 0.4) is 0 Å². The number of carbonyl (C=O) groups is 1. The summed E-state index contributed by atoms with van der Waals surface area (Å²) in [4.78, 5) is 10.3. The Balaban J connectivity index is 2.09. The summed E-state index contributed by atoms with van der Waals surface area (Å²) in [5, 5.41) is 2.60. The predicted octanol–water partition coefficient (Wildman–Crippen LogP) is 0.0813. The van der Waals surface area contributed by atoms with Crippen LogP contribution in [0.15, 0.2) is 0 Å². The number of amides is 2. The van der Waals surface area contributed by atoms with Crippen molar-refractivity contribution in [1.82, 2.24) is 5.32 Å². The third kappa shape index (κ3) is 3.23. The van der Waals surface area contributed by atoms with Gasteiger partial charge in [0.1, 0.15) is 0 Å². The summed E-state index contributed by atoms with van der Waals surface area (Å²) >= 11 is 0. The average Bonchev–Trinajstić information content (AvgIpc) is 2.03. The summed E-state index contributed by atoms with van der Waals surface area (Å²) in [6.07, 6.45) is 2.06. The van der Waals surface area contributed by atoms with E-state index in [2.05, 4.69) is 5.32 Å². The largest absolute Gasteiger partial charge is 0.381 e. The first-order valence-corrected chi connectivity index (χ1v) is 3.90. The Hall–Kier alpha value is -0.770. The number of rotatable bonds is 2. The lowest BCUT2D eigenvalue weighted by molar-refractivity contribution is 0.0670. The van der Waals surface area contributed by atoms with Crippen molar-refractivity contribution in [1.29, 1.82) is 0 Å². The summed E-state index contributed by atoms with van der Waals surface area (Å²) in [5.74, 6) is 0.552. The third-order valence-electron chi connectivity index (χ3n) is 1.91. The van der Waals surface area contributed by atoms with E-state index in [1.807, 2.05) is 0 Å². The zero-order valence-electron chi connectivity index (χ0n) is 6.51. The van der Waals surface area contributed by atoms with E-state index < -0.39 is 6.03 Å². The number of carbonyl (C=O) groups excluding carboxylic acids is 1. The zero-order valence-corrected chi connectivity index (χ0v) is 6.51. The number of ether oxygens (including phenoxy) is 1. The molecule has 3 N–H and O–H groups in total. The number of urea groups is 1. The molecule has 0 aromatic heterocycles. The average molecular weight is 158 g/mol. The molecule has 0 aromatic carbocycles. The van der Waals surface area contributed by atoms with Crippen molar-refractivity contribution in [2.24, 2.45) is 11.7 Å². The molecule has 0 atom stereocenters. The molecule has 64 valence electrons. The van der Waals surface area contributed by atoms with Gasteiger partial charge in [0.2, 0.25) is 0 Å². The van der Waals surface area contributed by atoms with Crippen LogP contribution in [0.1, 0.15) is 12.8 Å². The van der Waals surface area contributed by atoms with Gasteiger partial charge in [-0.1, -0.05) is 0 Å². The SMILES string of the molecule is NC(=O)NCC1CCOCC1.